The standard InChI is InChI=1S/C22H24N4O2/c1-2-28-19-13-9-17(10-14-19)22(27)23-18-11-7-16(8-12-18)21-25-24-20-6-4-3-5-15-26(20)21/h7-14H,2-6,15H2,1H3,(H,23,27). The van der Waals surface area contributed by atoms with Crippen molar-refractivity contribution in [3.05, 3.63) is 59.9 Å². The number of aryl methyl sites for hydroxylation is 1. The van der Waals surface area contributed by atoms with E-state index in [1.54, 1.807) is 24.3 Å². The van der Waals surface area contributed by atoms with Crippen LogP contribution in [0.25, 0.3) is 11.4 Å². The normalized spacial score (nSPS) is 13.5. The van der Waals surface area contributed by atoms with Crippen LogP contribution in [0.4, 0.5) is 5.69 Å². The molecule has 0 atom stereocenters. The number of amides is 1. The van der Waals surface area contributed by atoms with Gasteiger partial charge in [-0.1, -0.05) is 6.42 Å². The first-order valence-corrected chi connectivity index (χ1v) is 9.81. The minimum absolute atomic E-state index is 0.146. The van der Waals surface area contributed by atoms with E-state index in [1.165, 1.54) is 12.8 Å². The number of aromatic nitrogens is 3. The average Bonchev–Trinajstić information content (AvgIpc) is 2.97. The molecule has 0 bridgehead atoms. The number of rotatable bonds is 5. The van der Waals surface area contributed by atoms with Gasteiger partial charge < -0.3 is 14.6 Å². The molecule has 4 rings (SSSR count). The van der Waals surface area contributed by atoms with Crippen molar-refractivity contribution in [3.8, 4) is 17.1 Å². The van der Waals surface area contributed by atoms with E-state index < -0.39 is 0 Å². The number of anilines is 1. The summed E-state index contributed by atoms with van der Waals surface area (Å²) in [6.07, 6.45) is 4.56. The van der Waals surface area contributed by atoms with Crippen LogP contribution in [0, 0.1) is 0 Å². The van der Waals surface area contributed by atoms with Crippen LogP contribution in [0.15, 0.2) is 48.5 Å². The minimum Gasteiger partial charge on any atom is -0.494 e. The molecule has 28 heavy (non-hydrogen) atoms. The fraction of sp³-hybridized carbons (Fsp3) is 0.318. The summed E-state index contributed by atoms with van der Waals surface area (Å²) in [5.74, 6) is 2.59. The van der Waals surface area contributed by atoms with Gasteiger partial charge in [-0.05, 0) is 68.3 Å². The number of carbonyl (C=O) groups excluding carboxylic acids is 1. The van der Waals surface area contributed by atoms with Crippen LogP contribution in [-0.2, 0) is 13.0 Å². The Bertz CT molecular complexity index is 946. The second kappa shape index (κ2) is 8.25. The lowest BCUT2D eigenvalue weighted by atomic mass is 10.1. The summed E-state index contributed by atoms with van der Waals surface area (Å²) in [6.45, 7) is 3.50. The van der Waals surface area contributed by atoms with Crippen LogP contribution in [0.1, 0.15) is 42.4 Å². The van der Waals surface area contributed by atoms with Gasteiger partial charge in [-0.3, -0.25) is 4.79 Å². The maximum absolute atomic E-state index is 12.4. The predicted octanol–water partition coefficient (Wildman–Crippen LogP) is 4.32. The highest BCUT2D eigenvalue weighted by atomic mass is 16.5. The number of ether oxygens (including phenoxy) is 1. The van der Waals surface area contributed by atoms with Gasteiger partial charge in [0, 0.05) is 29.8 Å². The molecule has 1 N–H and O–H groups in total. The number of fused-ring (bicyclic) bond motifs is 1. The molecule has 3 aromatic rings. The van der Waals surface area contributed by atoms with Crippen LogP contribution < -0.4 is 10.1 Å². The van der Waals surface area contributed by atoms with Crippen molar-refractivity contribution < 1.29 is 9.53 Å². The molecule has 0 radical (unpaired) electrons. The summed E-state index contributed by atoms with van der Waals surface area (Å²) < 4.78 is 7.63. The van der Waals surface area contributed by atoms with Gasteiger partial charge in [-0.2, -0.15) is 0 Å². The summed E-state index contributed by atoms with van der Waals surface area (Å²) in [5, 5.41) is 11.7. The van der Waals surface area contributed by atoms with E-state index in [1.807, 2.05) is 31.2 Å². The summed E-state index contributed by atoms with van der Waals surface area (Å²) in [7, 11) is 0. The van der Waals surface area contributed by atoms with E-state index in [0.717, 1.165) is 48.0 Å². The van der Waals surface area contributed by atoms with Gasteiger partial charge >= 0.3 is 0 Å². The molecule has 1 aromatic heterocycles. The Morgan fingerprint density at radius 2 is 1.82 bits per heavy atom. The predicted molar refractivity (Wildman–Crippen MR) is 109 cm³/mol. The molecule has 1 aliphatic rings. The van der Waals surface area contributed by atoms with Crippen LogP contribution in [0.2, 0.25) is 0 Å². The van der Waals surface area contributed by atoms with Crippen LogP contribution in [0.5, 0.6) is 5.75 Å². The smallest absolute Gasteiger partial charge is 0.255 e. The first-order chi connectivity index (χ1) is 13.7. The van der Waals surface area contributed by atoms with E-state index >= 15 is 0 Å². The van der Waals surface area contributed by atoms with Gasteiger partial charge in [0.15, 0.2) is 5.82 Å². The van der Waals surface area contributed by atoms with E-state index in [2.05, 4.69) is 20.1 Å². The van der Waals surface area contributed by atoms with Crippen molar-refractivity contribution in [2.45, 2.75) is 39.2 Å². The minimum atomic E-state index is -0.146. The Labute approximate surface area is 164 Å². The van der Waals surface area contributed by atoms with E-state index in [-0.39, 0.29) is 5.91 Å². The molecule has 6 nitrogen and oxygen atoms in total. The first kappa shape index (κ1) is 18.2. The number of hydrogen-bond acceptors (Lipinski definition) is 4. The number of benzene rings is 2. The Morgan fingerprint density at radius 3 is 2.57 bits per heavy atom. The maximum Gasteiger partial charge on any atom is 0.255 e. The lowest BCUT2D eigenvalue weighted by Gasteiger charge is -2.09. The van der Waals surface area contributed by atoms with Crippen molar-refractivity contribution in [3.63, 3.8) is 0 Å². The monoisotopic (exact) mass is 376 g/mol. The number of hydrogen-bond donors (Lipinski definition) is 1. The third-order valence-electron chi connectivity index (χ3n) is 4.94. The Balaban J connectivity index is 1.46. The first-order valence-electron chi connectivity index (χ1n) is 9.81. The largest absolute Gasteiger partial charge is 0.494 e. The zero-order valence-electron chi connectivity index (χ0n) is 16.0. The lowest BCUT2D eigenvalue weighted by Crippen LogP contribution is -2.11. The molecule has 0 spiro atoms. The SMILES string of the molecule is CCOc1ccc(C(=O)Nc2ccc(-c3nnc4n3CCCCC4)cc2)cc1. The fourth-order valence-electron chi connectivity index (χ4n) is 3.47. The van der Waals surface area contributed by atoms with Gasteiger partial charge in [0.05, 0.1) is 6.61 Å². The van der Waals surface area contributed by atoms with Gasteiger partial charge in [0.2, 0.25) is 0 Å². The van der Waals surface area contributed by atoms with Crippen LogP contribution in [-0.4, -0.2) is 27.3 Å². The van der Waals surface area contributed by atoms with Gasteiger partial charge in [-0.15, -0.1) is 10.2 Å². The zero-order chi connectivity index (χ0) is 19.3. The molecular weight excluding hydrogens is 352 g/mol. The second-order valence-corrected chi connectivity index (χ2v) is 6.89. The summed E-state index contributed by atoms with van der Waals surface area (Å²) in [5.41, 5.74) is 2.35. The molecule has 0 unspecified atom stereocenters. The Hall–Kier alpha value is -3.15. The molecule has 0 fully saturated rings. The fourth-order valence-corrected chi connectivity index (χ4v) is 3.47. The molecule has 1 aliphatic heterocycles. The molecule has 2 heterocycles. The van der Waals surface area contributed by atoms with Crippen molar-refractivity contribution in [2.75, 3.05) is 11.9 Å². The number of nitrogens with zero attached hydrogens (tertiary/aromatic N) is 3. The van der Waals surface area contributed by atoms with Crippen molar-refractivity contribution in [1.82, 2.24) is 14.8 Å². The van der Waals surface area contributed by atoms with E-state index in [0.29, 0.717) is 12.2 Å². The lowest BCUT2D eigenvalue weighted by molar-refractivity contribution is 0.102. The van der Waals surface area contributed by atoms with Crippen LogP contribution in [0.3, 0.4) is 0 Å². The molecule has 144 valence electrons. The number of nitrogens with one attached hydrogen (secondary N) is 1. The highest BCUT2D eigenvalue weighted by Crippen LogP contribution is 2.24. The summed E-state index contributed by atoms with van der Waals surface area (Å²) >= 11 is 0. The van der Waals surface area contributed by atoms with Gasteiger partial charge in [0.25, 0.3) is 5.91 Å². The van der Waals surface area contributed by atoms with Gasteiger partial charge in [0.1, 0.15) is 11.6 Å². The molecule has 6 heteroatoms. The molecule has 0 aliphatic carbocycles. The van der Waals surface area contributed by atoms with Crippen LogP contribution >= 0.6 is 0 Å². The Morgan fingerprint density at radius 1 is 1.04 bits per heavy atom. The van der Waals surface area contributed by atoms with Crippen molar-refractivity contribution in [2.24, 2.45) is 0 Å². The molecular formula is C22H24N4O2. The average molecular weight is 376 g/mol. The molecule has 0 saturated heterocycles. The maximum atomic E-state index is 12.4. The Kier molecular flexibility index (Phi) is 5.37. The molecule has 1 amide bonds. The topological polar surface area (TPSA) is 69.0 Å². The zero-order valence-corrected chi connectivity index (χ0v) is 16.0. The highest BCUT2D eigenvalue weighted by molar-refractivity contribution is 6.04. The quantitative estimate of drug-likeness (QED) is 0.720. The summed E-state index contributed by atoms with van der Waals surface area (Å²) in [4.78, 5) is 12.4. The molecule has 0 saturated carbocycles. The summed E-state index contributed by atoms with van der Waals surface area (Å²) in [6, 6.07) is 14.9. The highest BCUT2D eigenvalue weighted by Gasteiger charge is 2.16. The van der Waals surface area contributed by atoms with E-state index in [9.17, 15) is 4.79 Å². The number of carbonyl (C=O) groups is 1. The van der Waals surface area contributed by atoms with Gasteiger partial charge in [-0.25, -0.2) is 0 Å². The van der Waals surface area contributed by atoms with Crippen molar-refractivity contribution >= 4 is 11.6 Å². The van der Waals surface area contributed by atoms with Crippen molar-refractivity contribution in [1.29, 1.82) is 0 Å². The third-order valence-corrected chi connectivity index (χ3v) is 4.94. The molecule has 2 aromatic carbocycles. The van der Waals surface area contributed by atoms with E-state index in [4.69, 9.17) is 4.74 Å². The third kappa shape index (κ3) is 3.91. The second-order valence-electron chi connectivity index (χ2n) is 6.89.